The van der Waals surface area contributed by atoms with Crippen LogP contribution in [0.1, 0.15) is 25.0 Å². The van der Waals surface area contributed by atoms with Gasteiger partial charge in [0, 0.05) is 44.3 Å². The molecule has 1 saturated heterocycles. The monoisotopic (exact) mass is 334 g/mol. The molecule has 1 saturated carbocycles. The van der Waals surface area contributed by atoms with Gasteiger partial charge in [-0.15, -0.1) is 0 Å². The lowest BCUT2D eigenvalue weighted by Gasteiger charge is -2.40. The lowest BCUT2D eigenvalue weighted by atomic mass is 9.81. The topological polar surface area (TPSA) is 70.8 Å². The first-order valence-electron chi connectivity index (χ1n) is 9.00. The third-order valence-electron chi connectivity index (χ3n) is 5.57. The molecular weight excluding hydrogens is 308 g/mol. The van der Waals surface area contributed by atoms with Crippen molar-refractivity contribution in [2.24, 2.45) is 5.92 Å². The highest BCUT2D eigenvalue weighted by Crippen LogP contribution is 2.31. The second kappa shape index (κ2) is 6.82. The van der Waals surface area contributed by atoms with E-state index in [4.69, 9.17) is 4.74 Å². The number of hydrogen-bond acceptors (Lipinski definition) is 5. The van der Waals surface area contributed by atoms with Crippen molar-refractivity contribution < 1.29 is 14.6 Å². The number of aliphatic hydroxyl groups is 1. The van der Waals surface area contributed by atoms with Crippen molar-refractivity contribution in [3.05, 3.63) is 18.0 Å². The van der Waals surface area contributed by atoms with Crippen LogP contribution in [-0.2, 0) is 22.6 Å². The van der Waals surface area contributed by atoms with Crippen molar-refractivity contribution in [3.63, 3.8) is 0 Å². The molecule has 4 rings (SSSR count). The van der Waals surface area contributed by atoms with Crippen LogP contribution in [0, 0.1) is 5.92 Å². The minimum atomic E-state index is -0.297. The van der Waals surface area contributed by atoms with Crippen LogP contribution in [0.15, 0.2) is 12.3 Å². The molecule has 1 aromatic heterocycles. The maximum absolute atomic E-state index is 13.0. The van der Waals surface area contributed by atoms with Crippen molar-refractivity contribution in [3.8, 4) is 0 Å². The van der Waals surface area contributed by atoms with Crippen LogP contribution < -0.4 is 0 Å². The molecule has 24 heavy (non-hydrogen) atoms. The van der Waals surface area contributed by atoms with Crippen LogP contribution in [0.2, 0.25) is 0 Å². The van der Waals surface area contributed by atoms with E-state index in [9.17, 15) is 9.90 Å². The first-order chi connectivity index (χ1) is 11.7. The smallest absolute Gasteiger partial charge is 0.226 e. The fraction of sp³-hybridized carbons (Fsp3) is 0.765. The molecule has 2 aliphatic heterocycles. The number of hydrogen-bond donors (Lipinski definition) is 1. The SMILES string of the molecule is O=C(C1CC(O)C1)N1Cc2ccnn2CC[C@H]1CN1CCOCC1. The Balaban J connectivity index is 1.50. The molecule has 0 radical (unpaired) electrons. The number of fused-ring (bicyclic) bond motifs is 1. The first kappa shape index (κ1) is 16.1. The lowest BCUT2D eigenvalue weighted by molar-refractivity contribution is -0.146. The Morgan fingerprint density at radius 3 is 2.83 bits per heavy atom. The molecule has 1 N–H and O–H groups in total. The van der Waals surface area contributed by atoms with Gasteiger partial charge in [0.15, 0.2) is 0 Å². The summed E-state index contributed by atoms with van der Waals surface area (Å²) in [6, 6.07) is 2.21. The zero-order chi connectivity index (χ0) is 16.5. The number of aliphatic hydroxyl groups excluding tert-OH is 1. The maximum atomic E-state index is 13.0. The number of morpholine rings is 1. The van der Waals surface area contributed by atoms with E-state index in [-0.39, 0.29) is 24.0 Å². The maximum Gasteiger partial charge on any atom is 0.226 e. The van der Waals surface area contributed by atoms with Gasteiger partial charge in [0.2, 0.25) is 5.91 Å². The number of nitrogens with zero attached hydrogens (tertiary/aromatic N) is 4. The molecule has 1 aromatic rings. The zero-order valence-electron chi connectivity index (χ0n) is 14.0. The average Bonchev–Trinajstić information content (AvgIpc) is 2.94. The Morgan fingerprint density at radius 2 is 2.08 bits per heavy atom. The third-order valence-corrected chi connectivity index (χ3v) is 5.57. The summed E-state index contributed by atoms with van der Waals surface area (Å²) in [7, 11) is 0. The number of amides is 1. The summed E-state index contributed by atoms with van der Waals surface area (Å²) in [4.78, 5) is 17.5. The Labute approximate surface area is 142 Å². The van der Waals surface area contributed by atoms with Crippen molar-refractivity contribution >= 4 is 5.91 Å². The zero-order valence-corrected chi connectivity index (χ0v) is 14.0. The molecule has 1 aliphatic carbocycles. The molecule has 2 fully saturated rings. The Morgan fingerprint density at radius 1 is 1.29 bits per heavy atom. The third kappa shape index (κ3) is 3.20. The molecule has 3 heterocycles. The van der Waals surface area contributed by atoms with Gasteiger partial charge >= 0.3 is 0 Å². The quantitative estimate of drug-likeness (QED) is 0.848. The van der Waals surface area contributed by atoms with Gasteiger partial charge in [-0.05, 0) is 25.3 Å². The van der Waals surface area contributed by atoms with E-state index < -0.39 is 0 Å². The van der Waals surface area contributed by atoms with E-state index in [1.807, 2.05) is 21.8 Å². The van der Waals surface area contributed by atoms with E-state index in [1.54, 1.807) is 0 Å². The molecular formula is C17H26N4O3. The van der Waals surface area contributed by atoms with Crippen LogP contribution in [0.5, 0.6) is 0 Å². The van der Waals surface area contributed by atoms with Gasteiger partial charge in [0.1, 0.15) is 0 Å². The summed E-state index contributed by atoms with van der Waals surface area (Å²) in [5.74, 6) is 0.190. The molecule has 7 heteroatoms. The number of carbonyl (C=O) groups excluding carboxylic acids is 1. The number of carbonyl (C=O) groups is 1. The minimum absolute atomic E-state index is 0.0124. The van der Waals surface area contributed by atoms with Crippen molar-refractivity contribution in [1.82, 2.24) is 19.6 Å². The van der Waals surface area contributed by atoms with Crippen molar-refractivity contribution in [2.45, 2.75) is 44.5 Å². The van der Waals surface area contributed by atoms with Crippen LogP contribution in [0.25, 0.3) is 0 Å². The molecule has 0 bridgehead atoms. The summed E-state index contributed by atoms with van der Waals surface area (Å²) in [6.07, 6.45) is 3.66. The van der Waals surface area contributed by atoms with Gasteiger partial charge in [-0.1, -0.05) is 0 Å². The van der Waals surface area contributed by atoms with E-state index >= 15 is 0 Å². The van der Waals surface area contributed by atoms with Crippen molar-refractivity contribution in [1.29, 1.82) is 0 Å². The minimum Gasteiger partial charge on any atom is -0.393 e. The molecule has 3 aliphatic rings. The lowest BCUT2D eigenvalue weighted by Crippen LogP contribution is -2.52. The summed E-state index contributed by atoms with van der Waals surface area (Å²) in [6.45, 7) is 5.80. The highest BCUT2D eigenvalue weighted by atomic mass is 16.5. The molecule has 7 nitrogen and oxygen atoms in total. The van der Waals surface area contributed by atoms with E-state index in [0.29, 0.717) is 19.4 Å². The molecule has 1 atom stereocenters. The predicted molar refractivity (Wildman–Crippen MR) is 87.2 cm³/mol. The van der Waals surface area contributed by atoms with Gasteiger partial charge in [-0.25, -0.2) is 0 Å². The number of aryl methyl sites for hydroxylation is 1. The second-order valence-electron chi connectivity index (χ2n) is 7.19. The predicted octanol–water partition coefficient (Wildman–Crippen LogP) is 0.0871. The fourth-order valence-electron chi connectivity index (χ4n) is 3.98. The van der Waals surface area contributed by atoms with Gasteiger partial charge < -0.3 is 14.7 Å². The van der Waals surface area contributed by atoms with Gasteiger partial charge in [0.25, 0.3) is 0 Å². The Bertz CT molecular complexity index is 578. The number of aromatic nitrogens is 2. The van der Waals surface area contributed by atoms with Crippen LogP contribution in [0.3, 0.4) is 0 Å². The molecule has 0 spiro atoms. The molecule has 0 aromatic carbocycles. The standard InChI is InChI=1S/C17H26N4O3/c22-16-9-13(10-16)17(23)20-12-15-1-3-18-21(15)4-2-14(20)11-19-5-7-24-8-6-19/h1,3,13-14,16,22H,2,4-12H2/t13?,14-,16?/m0/s1. The van der Waals surface area contributed by atoms with Gasteiger partial charge in [-0.3, -0.25) is 14.4 Å². The Kier molecular flexibility index (Phi) is 4.56. The van der Waals surface area contributed by atoms with E-state index in [2.05, 4.69) is 10.00 Å². The number of ether oxygens (including phenoxy) is 1. The van der Waals surface area contributed by atoms with Gasteiger partial charge in [0.05, 0.1) is 31.6 Å². The molecule has 132 valence electrons. The fourth-order valence-corrected chi connectivity index (χ4v) is 3.98. The molecule has 0 unspecified atom stereocenters. The second-order valence-corrected chi connectivity index (χ2v) is 7.19. The van der Waals surface area contributed by atoms with Gasteiger partial charge in [-0.2, -0.15) is 5.10 Å². The summed E-state index contributed by atoms with van der Waals surface area (Å²) >= 11 is 0. The van der Waals surface area contributed by atoms with E-state index in [1.165, 1.54) is 0 Å². The normalized spacial score (nSPS) is 31.2. The van der Waals surface area contributed by atoms with Crippen LogP contribution in [0.4, 0.5) is 0 Å². The van der Waals surface area contributed by atoms with Crippen LogP contribution in [-0.4, -0.2) is 75.6 Å². The summed E-state index contributed by atoms with van der Waals surface area (Å²) in [5.41, 5.74) is 1.10. The largest absolute Gasteiger partial charge is 0.393 e. The summed E-state index contributed by atoms with van der Waals surface area (Å²) < 4.78 is 7.46. The van der Waals surface area contributed by atoms with E-state index in [0.717, 1.165) is 51.5 Å². The highest BCUT2D eigenvalue weighted by molar-refractivity contribution is 5.80. The van der Waals surface area contributed by atoms with Crippen LogP contribution >= 0.6 is 0 Å². The first-order valence-corrected chi connectivity index (χ1v) is 9.00. The van der Waals surface area contributed by atoms with Crippen molar-refractivity contribution in [2.75, 3.05) is 32.8 Å². The summed E-state index contributed by atoms with van der Waals surface area (Å²) in [5, 5.41) is 14.0. The Hall–Kier alpha value is -1.44. The molecule has 1 amide bonds. The number of rotatable bonds is 3. The highest BCUT2D eigenvalue weighted by Gasteiger charge is 2.39. The average molecular weight is 334 g/mol.